The van der Waals surface area contributed by atoms with Crippen molar-refractivity contribution in [2.24, 2.45) is 17.8 Å². The van der Waals surface area contributed by atoms with E-state index in [1.807, 2.05) is 190 Å². The summed E-state index contributed by atoms with van der Waals surface area (Å²) in [5, 5.41) is 37.8. The third-order valence-corrected chi connectivity index (χ3v) is 18.3. The molecule has 11 rings (SSSR count). The van der Waals surface area contributed by atoms with E-state index in [0.717, 1.165) is 126 Å². The van der Waals surface area contributed by atoms with Crippen LogP contribution in [0.15, 0.2) is 151 Å². The predicted octanol–water partition coefficient (Wildman–Crippen LogP) is 12.5. The van der Waals surface area contributed by atoms with Gasteiger partial charge in [0.05, 0.1) is 41.9 Å². The van der Waals surface area contributed by atoms with Crippen LogP contribution in [0.25, 0.3) is 54.6 Å². The van der Waals surface area contributed by atoms with Crippen LogP contribution in [0.3, 0.4) is 0 Å². The van der Waals surface area contributed by atoms with Crippen LogP contribution >= 0.6 is 0 Å². The molecule has 19 heteroatoms. The summed E-state index contributed by atoms with van der Waals surface area (Å²) in [6.07, 6.45) is 12.0. The first-order valence-electron chi connectivity index (χ1n) is 34.8. The van der Waals surface area contributed by atoms with Gasteiger partial charge >= 0.3 is 0 Å². The highest BCUT2D eigenvalue weighted by Crippen LogP contribution is 2.34. The fraction of sp³-hybridized carbons (Fsp3) is 0.400. The van der Waals surface area contributed by atoms with Crippen LogP contribution in [-0.4, -0.2) is 108 Å². The van der Waals surface area contributed by atoms with Gasteiger partial charge in [-0.25, -0.2) is 4.98 Å². The first-order chi connectivity index (χ1) is 47.4. The Morgan fingerprint density at radius 2 is 0.980 bits per heavy atom. The van der Waals surface area contributed by atoms with Crippen LogP contribution in [-0.2, 0) is 36.9 Å². The number of aliphatic hydroxyl groups is 3. The Hall–Kier alpha value is -9.24. The van der Waals surface area contributed by atoms with Gasteiger partial charge in [-0.05, 0) is 232 Å². The minimum Gasteiger partial charge on any atom is -0.388 e. The number of Topliss-reactive ketones (excluding diaryl/α,β-unsaturated/α-hetero) is 1. The number of rotatable bonds is 21. The van der Waals surface area contributed by atoms with E-state index < -0.39 is 18.3 Å². The van der Waals surface area contributed by atoms with Crippen molar-refractivity contribution in [1.82, 2.24) is 45.0 Å². The van der Waals surface area contributed by atoms with Gasteiger partial charge in [0.25, 0.3) is 27.8 Å². The van der Waals surface area contributed by atoms with Crippen molar-refractivity contribution >= 4 is 66.8 Å². The topological polar surface area (TPSA) is 291 Å². The molecule has 9 N–H and O–H groups in total. The molecule has 0 fully saturated rings. The third-order valence-electron chi connectivity index (χ3n) is 18.3. The number of aromatic amines is 5. The molecule has 99 heavy (non-hydrogen) atoms. The van der Waals surface area contributed by atoms with E-state index in [9.17, 15) is 48.9 Å². The molecule has 5 atom stereocenters. The maximum absolute atomic E-state index is 12.0. The standard InChI is InChI=1S/C18H21NO2.C17H23NO2.C15H19N3O2.C15H20N2O2.C15H18N2O2/c1-2-12-10-15-11-14(8-9-16(15)19-18(12)21)17(20)13-6-4-3-5-7-13;1-4-11(5-2)16(19)13-7-8-15-14(10-13)9-12(6-3)17(20)18-15;1-4-11-15(20)18-12-6-5-10(7-13(12)17-11)14(9(2)3)16-8-19;2*1-4-10-7-12-8-11(14(18)9-17(2)3)5-6-13(12)16-15(10)19/h3-4,8-11,13,17,20H,2,5-7H2,1H3,(H,19,21);7-11,16,19H,4-6H2,1-3H3,(H,18,20);5-9,14H,4H2,1-3H3,(H,16,19)(H,18,20);5-8,14,18H,4,9H2,1-3H3,(H,16,19);5-8H,4,9H2,1-3H3,(H,16,19). The van der Waals surface area contributed by atoms with Gasteiger partial charge < -0.3 is 55.4 Å². The number of hydrogen-bond donors (Lipinski definition) is 9. The number of amides is 1. The number of nitrogens with one attached hydrogen (secondary N) is 6. The van der Waals surface area contributed by atoms with E-state index >= 15 is 0 Å². The van der Waals surface area contributed by atoms with Crippen molar-refractivity contribution in [2.45, 2.75) is 151 Å². The van der Waals surface area contributed by atoms with E-state index in [-0.39, 0.29) is 51.5 Å². The highest BCUT2D eigenvalue weighted by atomic mass is 16.3. The SMILES string of the molecule is CCc1cc2cc(C(=O)CN(C)C)ccc2[nH]c1=O.CCc1cc2cc(C(O)C(CC)CC)ccc2[nH]c1=O.CCc1cc2cc(C(O)C3CC=CCC3)ccc2[nH]c1=O.CCc1cc2cc(C(O)CN(C)C)ccc2[nH]c1=O.CCc1nc2cc(C(NC=O)C(C)C)ccc2[nH]c1=O. The number of aryl methyl sites for hydroxylation is 5. The van der Waals surface area contributed by atoms with Crippen LogP contribution in [0, 0.1) is 17.8 Å². The van der Waals surface area contributed by atoms with Crippen molar-refractivity contribution in [3.63, 3.8) is 0 Å². The molecule has 1 aliphatic rings. The van der Waals surface area contributed by atoms with E-state index in [2.05, 4.69) is 61.2 Å². The molecule has 0 radical (unpaired) electrons. The van der Waals surface area contributed by atoms with Crippen LogP contribution < -0.4 is 33.1 Å². The zero-order valence-corrected chi connectivity index (χ0v) is 59.8. The van der Waals surface area contributed by atoms with E-state index in [1.54, 1.807) is 12.1 Å². The Bertz CT molecular complexity index is 4730. The molecular formula is C80H101N9O10. The average Bonchev–Trinajstić information content (AvgIpc) is 0.862. The molecule has 0 saturated carbocycles. The molecule has 0 saturated heterocycles. The summed E-state index contributed by atoms with van der Waals surface area (Å²) < 4.78 is 0. The van der Waals surface area contributed by atoms with Gasteiger partial charge in [0.2, 0.25) is 6.41 Å². The summed E-state index contributed by atoms with van der Waals surface area (Å²) in [6.45, 7) is 19.0. The highest BCUT2D eigenvalue weighted by molar-refractivity contribution is 6.00. The normalized spacial score (nSPS) is 14.0. The number of ketones is 1. The summed E-state index contributed by atoms with van der Waals surface area (Å²) >= 11 is 0. The van der Waals surface area contributed by atoms with E-state index in [1.165, 1.54) is 0 Å². The van der Waals surface area contributed by atoms with Gasteiger partial charge in [-0.2, -0.15) is 0 Å². The molecule has 0 aliphatic heterocycles. The molecule has 5 aromatic heterocycles. The number of fused-ring (bicyclic) bond motifs is 5. The molecule has 526 valence electrons. The van der Waals surface area contributed by atoms with Gasteiger partial charge in [-0.3, -0.25) is 33.6 Å². The number of allylic oxidation sites excluding steroid dienone is 2. The predicted molar refractivity (Wildman–Crippen MR) is 401 cm³/mol. The minimum absolute atomic E-state index is 0.0179. The van der Waals surface area contributed by atoms with Crippen LogP contribution in [0.4, 0.5) is 0 Å². The van der Waals surface area contributed by atoms with Gasteiger partial charge in [-0.1, -0.05) is 112 Å². The fourth-order valence-electron chi connectivity index (χ4n) is 12.4. The zero-order chi connectivity index (χ0) is 72.2. The minimum atomic E-state index is -0.517. The second-order valence-electron chi connectivity index (χ2n) is 26.3. The number of carbonyl (C=O) groups is 2. The molecule has 5 aromatic carbocycles. The van der Waals surface area contributed by atoms with Crippen molar-refractivity contribution in [1.29, 1.82) is 0 Å². The lowest BCUT2D eigenvalue weighted by molar-refractivity contribution is -0.110. The number of aromatic nitrogens is 6. The van der Waals surface area contributed by atoms with Gasteiger partial charge in [0.1, 0.15) is 5.69 Å². The number of benzene rings is 5. The number of nitrogens with zero attached hydrogens (tertiary/aromatic N) is 3. The summed E-state index contributed by atoms with van der Waals surface area (Å²) in [5.41, 5.74) is 12.4. The molecule has 0 bridgehead atoms. The molecule has 5 unspecified atom stereocenters. The number of likely N-dealkylation sites (N-methyl/N-ethyl adjacent to an activating group) is 2. The van der Waals surface area contributed by atoms with Crippen molar-refractivity contribution in [3.8, 4) is 0 Å². The number of carbonyl (C=O) groups excluding carboxylic acids is 2. The molecule has 10 aromatic rings. The smallest absolute Gasteiger partial charge is 0.270 e. The Morgan fingerprint density at radius 3 is 1.42 bits per heavy atom. The van der Waals surface area contributed by atoms with E-state index in [0.29, 0.717) is 74.3 Å². The Kier molecular flexibility index (Phi) is 28.5. The summed E-state index contributed by atoms with van der Waals surface area (Å²) in [6, 6.07) is 35.9. The molecule has 1 amide bonds. The first kappa shape index (κ1) is 77.1. The molecular weight excluding hydrogens is 1250 g/mol. The van der Waals surface area contributed by atoms with Gasteiger partial charge in [-0.15, -0.1) is 0 Å². The second-order valence-corrected chi connectivity index (χ2v) is 26.3. The Labute approximate surface area is 578 Å². The lowest BCUT2D eigenvalue weighted by atomic mass is 9.86. The monoisotopic (exact) mass is 1350 g/mol. The van der Waals surface area contributed by atoms with E-state index in [4.69, 9.17) is 0 Å². The summed E-state index contributed by atoms with van der Waals surface area (Å²) in [5.74, 6) is 0.920. The third kappa shape index (κ3) is 20.4. The summed E-state index contributed by atoms with van der Waals surface area (Å²) in [7, 11) is 7.59. The molecule has 0 spiro atoms. The number of aliphatic hydroxyl groups excluding tert-OH is 3. The number of hydrogen-bond acceptors (Lipinski definition) is 13. The molecule has 1 aliphatic carbocycles. The van der Waals surface area contributed by atoms with Crippen LogP contribution in [0.2, 0.25) is 0 Å². The second kappa shape index (κ2) is 36.6. The summed E-state index contributed by atoms with van der Waals surface area (Å²) in [4.78, 5) is 104. The molecule has 19 nitrogen and oxygen atoms in total. The number of H-pyrrole nitrogens is 5. The van der Waals surface area contributed by atoms with Gasteiger partial charge in [0.15, 0.2) is 5.78 Å². The molecule has 5 heterocycles. The quantitative estimate of drug-likeness (QED) is 0.0184. The Morgan fingerprint density at radius 1 is 0.535 bits per heavy atom. The van der Waals surface area contributed by atoms with Crippen LogP contribution in [0.1, 0.15) is 179 Å². The highest BCUT2D eigenvalue weighted by Gasteiger charge is 2.23. The zero-order valence-electron chi connectivity index (χ0n) is 59.8. The maximum atomic E-state index is 12.0. The fourth-order valence-corrected chi connectivity index (χ4v) is 12.4. The van der Waals surface area contributed by atoms with Gasteiger partial charge in [0, 0.05) is 56.4 Å². The largest absolute Gasteiger partial charge is 0.388 e. The lowest BCUT2D eigenvalue weighted by Crippen LogP contribution is -2.24. The first-order valence-corrected chi connectivity index (χ1v) is 34.8. The Balaban J connectivity index is 0.000000174. The maximum Gasteiger partial charge on any atom is 0.270 e. The number of pyridine rings is 4. The van der Waals surface area contributed by atoms with Crippen molar-refractivity contribution in [2.75, 3.05) is 41.3 Å². The van der Waals surface area contributed by atoms with Crippen molar-refractivity contribution < 1.29 is 24.9 Å². The lowest BCUT2D eigenvalue weighted by Gasteiger charge is -2.24. The van der Waals surface area contributed by atoms with Crippen molar-refractivity contribution in [3.05, 3.63) is 235 Å². The average molecular weight is 1350 g/mol. The van der Waals surface area contributed by atoms with Crippen LogP contribution in [0.5, 0.6) is 0 Å².